The van der Waals surface area contributed by atoms with Crippen LogP contribution in [0.3, 0.4) is 0 Å². The minimum Gasteiger partial charge on any atom is -0.478 e. The fourth-order valence-corrected chi connectivity index (χ4v) is 2.66. The van der Waals surface area contributed by atoms with Crippen LogP contribution in [0, 0.1) is 11.8 Å². The summed E-state index contributed by atoms with van der Waals surface area (Å²) < 4.78 is 0. The lowest BCUT2D eigenvalue weighted by Gasteiger charge is -2.28. The first-order valence-electron chi connectivity index (χ1n) is 7.25. The molecule has 0 saturated carbocycles. The molecule has 1 amide bonds. The first kappa shape index (κ1) is 15.4. The highest BCUT2D eigenvalue weighted by atomic mass is 16.4. The summed E-state index contributed by atoms with van der Waals surface area (Å²) in [4.78, 5) is 26.7. The molecule has 2 atom stereocenters. The molecule has 2 heterocycles. The third kappa shape index (κ3) is 4.53. The van der Waals surface area contributed by atoms with E-state index in [9.17, 15) is 9.59 Å². The lowest BCUT2D eigenvalue weighted by atomic mass is 9.85. The number of carboxylic acids is 1. The van der Waals surface area contributed by atoms with Crippen molar-refractivity contribution >= 4 is 17.6 Å². The first-order valence-corrected chi connectivity index (χ1v) is 7.25. The molecule has 3 N–H and O–H groups in total. The van der Waals surface area contributed by atoms with E-state index in [0.29, 0.717) is 23.9 Å². The van der Waals surface area contributed by atoms with E-state index in [2.05, 4.69) is 22.5 Å². The Kier molecular flexibility index (Phi) is 5.27. The molecule has 1 fully saturated rings. The van der Waals surface area contributed by atoms with Crippen LogP contribution in [0.1, 0.15) is 36.5 Å². The quantitative estimate of drug-likeness (QED) is 0.768. The molecule has 1 aliphatic heterocycles. The summed E-state index contributed by atoms with van der Waals surface area (Å²) in [5, 5.41) is 15.0. The van der Waals surface area contributed by atoms with E-state index in [1.165, 1.54) is 18.5 Å². The zero-order chi connectivity index (χ0) is 15.2. The van der Waals surface area contributed by atoms with Gasteiger partial charge in [-0.15, -0.1) is 0 Å². The van der Waals surface area contributed by atoms with E-state index in [0.717, 1.165) is 25.9 Å². The number of pyridine rings is 1. The third-order valence-electron chi connectivity index (χ3n) is 3.92. The van der Waals surface area contributed by atoms with Gasteiger partial charge in [0.2, 0.25) is 5.91 Å². The van der Waals surface area contributed by atoms with E-state index < -0.39 is 5.97 Å². The highest BCUT2D eigenvalue weighted by Crippen LogP contribution is 2.23. The van der Waals surface area contributed by atoms with E-state index in [4.69, 9.17) is 5.11 Å². The van der Waals surface area contributed by atoms with Crippen molar-refractivity contribution in [2.24, 2.45) is 11.8 Å². The van der Waals surface area contributed by atoms with Crippen LogP contribution in [-0.4, -0.2) is 35.1 Å². The fourth-order valence-electron chi connectivity index (χ4n) is 2.66. The SMILES string of the molecule is CC(CC(=O)Nc1cncc(C(=O)O)c1)C1CCCNC1. The second-order valence-electron chi connectivity index (χ2n) is 5.60. The molecule has 2 rings (SSSR count). The van der Waals surface area contributed by atoms with Crippen molar-refractivity contribution in [1.29, 1.82) is 0 Å². The summed E-state index contributed by atoms with van der Waals surface area (Å²) in [6, 6.07) is 1.42. The van der Waals surface area contributed by atoms with Crippen LogP contribution in [0.5, 0.6) is 0 Å². The van der Waals surface area contributed by atoms with Gasteiger partial charge in [-0.2, -0.15) is 0 Å². The van der Waals surface area contributed by atoms with Crippen molar-refractivity contribution < 1.29 is 14.7 Å². The lowest BCUT2D eigenvalue weighted by Crippen LogP contribution is -2.34. The molecule has 21 heavy (non-hydrogen) atoms. The number of hydrogen-bond acceptors (Lipinski definition) is 4. The summed E-state index contributed by atoms with van der Waals surface area (Å²) in [6.07, 6.45) is 5.45. The second-order valence-corrected chi connectivity index (χ2v) is 5.60. The molecule has 0 aromatic carbocycles. The Morgan fingerprint density at radius 2 is 2.33 bits per heavy atom. The van der Waals surface area contributed by atoms with Crippen LogP contribution in [-0.2, 0) is 4.79 Å². The molecule has 1 saturated heterocycles. The zero-order valence-electron chi connectivity index (χ0n) is 12.1. The predicted octanol–water partition coefficient (Wildman–Crippen LogP) is 1.74. The molecule has 6 nitrogen and oxygen atoms in total. The number of piperidine rings is 1. The molecule has 1 aromatic rings. The van der Waals surface area contributed by atoms with Crippen molar-refractivity contribution in [3.63, 3.8) is 0 Å². The Balaban J connectivity index is 1.89. The number of carbonyl (C=O) groups is 2. The highest BCUT2D eigenvalue weighted by molar-refractivity contribution is 5.93. The molecule has 0 bridgehead atoms. The fraction of sp³-hybridized carbons (Fsp3) is 0.533. The average Bonchev–Trinajstić information content (AvgIpc) is 2.48. The Bertz CT molecular complexity index is 513. The summed E-state index contributed by atoms with van der Waals surface area (Å²) in [5.74, 6) is -0.334. The first-order chi connectivity index (χ1) is 10.1. The average molecular weight is 291 g/mol. The maximum absolute atomic E-state index is 12.0. The Labute approximate surface area is 124 Å². The summed E-state index contributed by atoms with van der Waals surface area (Å²) in [5.41, 5.74) is 0.492. The number of nitrogens with zero attached hydrogens (tertiary/aromatic N) is 1. The van der Waals surface area contributed by atoms with Crippen molar-refractivity contribution in [3.8, 4) is 0 Å². The summed E-state index contributed by atoms with van der Waals surface area (Å²) >= 11 is 0. The maximum Gasteiger partial charge on any atom is 0.337 e. The van der Waals surface area contributed by atoms with Gasteiger partial charge in [-0.3, -0.25) is 9.78 Å². The van der Waals surface area contributed by atoms with E-state index in [1.54, 1.807) is 0 Å². The van der Waals surface area contributed by atoms with Crippen molar-refractivity contribution in [2.45, 2.75) is 26.2 Å². The molecule has 114 valence electrons. The van der Waals surface area contributed by atoms with Gasteiger partial charge >= 0.3 is 5.97 Å². The highest BCUT2D eigenvalue weighted by Gasteiger charge is 2.22. The Morgan fingerprint density at radius 3 is 3.00 bits per heavy atom. The number of carboxylic acid groups (broad SMARTS) is 1. The molecular weight excluding hydrogens is 270 g/mol. The number of nitrogens with one attached hydrogen (secondary N) is 2. The van der Waals surface area contributed by atoms with Crippen molar-refractivity contribution in [3.05, 3.63) is 24.0 Å². The second kappa shape index (κ2) is 7.17. The van der Waals surface area contributed by atoms with Gasteiger partial charge < -0.3 is 15.7 Å². The molecule has 0 radical (unpaired) electrons. The molecule has 2 unspecified atom stereocenters. The zero-order valence-corrected chi connectivity index (χ0v) is 12.1. The summed E-state index contributed by atoms with van der Waals surface area (Å²) in [7, 11) is 0. The maximum atomic E-state index is 12.0. The monoisotopic (exact) mass is 291 g/mol. The van der Waals surface area contributed by atoms with Gasteiger partial charge in [-0.25, -0.2) is 4.79 Å². The number of aromatic nitrogens is 1. The molecule has 0 aliphatic carbocycles. The number of hydrogen-bond donors (Lipinski definition) is 3. The molecule has 0 spiro atoms. The predicted molar refractivity (Wildman–Crippen MR) is 79.2 cm³/mol. The molecule has 1 aliphatic rings. The number of anilines is 1. The number of carbonyl (C=O) groups excluding carboxylic acids is 1. The third-order valence-corrected chi connectivity index (χ3v) is 3.92. The van der Waals surface area contributed by atoms with Gasteiger partial charge in [-0.1, -0.05) is 6.92 Å². The van der Waals surface area contributed by atoms with Gasteiger partial charge in [-0.05, 0) is 43.8 Å². The molecular formula is C15H21N3O3. The van der Waals surface area contributed by atoms with Crippen LogP contribution < -0.4 is 10.6 Å². The minimum absolute atomic E-state index is 0.0670. The lowest BCUT2D eigenvalue weighted by molar-refractivity contribution is -0.117. The van der Waals surface area contributed by atoms with Gasteiger partial charge in [0.25, 0.3) is 0 Å². The van der Waals surface area contributed by atoms with Crippen molar-refractivity contribution in [2.75, 3.05) is 18.4 Å². The van der Waals surface area contributed by atoms with Crippen molar-refractivity contribution in [1.82, 2.24) is 10.3 Å². The largest absolute Gasteiger partial charge is 0.478 e. The van der Waals surface area contributed by atoms with E-state index in [-0.39, 0.29) is 11.5 Å². The standard InChI is InChI=1S/C15H21N3O3/c1-10(11-3-2-4-16-7-11)5-14(19)18-13-6-12(15(20)21)8-17-9-13/h6,8-11,16H,2-5,7H2,1H3,(H,18,19)(H,20,21). The van der Waals surface area contributed by atoms with Crippen LogP contribution >= 0.6 is 0 Å². The Morgan fingerprint density at radius 1 is 1.52 bits per heavy atom. The van der Waals surface area contributed by atoms with Crippen LogP contribution in [0.25, 0.3) is 0 Å². The number of amides is 1. The van der Waals surface area contributed by atoms with Crippen LogP contribution in [0.4, 0.5) is 5.69 Å². The Hall–Kier alpha value is -1.95. The van der Waals surface area contributed by atoms with E-state index in [1.807, 2.05) is 0 Å². The minimum atomic E-state index is -1.06. The van der Waals surface area contributed by atoms with Gasteiger partial charge in [0.1, 0.15) is 0 Å². The normalized spacial score (nSPS) is 19.8. The summed E-state index contributed by atoms with van der Waals surface area (Å²) in [6.45, 7) is 4.11. The smallest absolute Gasteiger partial charge is 0.337 e. The van der Waals surface area contributed by atoms with Gasteiger partial charge in [0.15, 0.2) is 0 Å². The topological polar surface area (TPSA) is 91.3 Å². The number of aromatic carboxylic acids is 1. The van der Waals surface area contributed by atoms with Gasteiger partial charge in [0, 0.05) is 12.6 Å². The van der Waals surface area contributed by atoms with E-state index >= 15 is 0 Å². The van der Waals surface area contributed by atoms with Crippen LogP contribution in [0.2, 0.25) is 0 Å². The van der Waals surface area contributed by atoms with Gasteiger partial charge in [0.05, 0.1) is 17.4 Å². The number of rotatable bonds is 5. The molecule has 1 aromatic heterocycles. The van der Waals surface area contributed by atoms with Crippen LogP contribution in [0.15, 0.2) is 18.5 Å². The molecule has 6 heteroatoms.